The topological polar surface area (TPSA) is 89.8 Å². The van der Waals surface area contributed by atoms with Crippen molar-refractivity contribution in [1.82, 2.24) is 0 Å². The lowest BCUT2D eigenvalue weighted by Gasteiger charge is -2.32. The Morgan fingerprint density at radius 2 is 2.00 bits per heavy atom. The van der Waals surface area contributed by atoms with Crippen LogP contribution in [0.2, 0.25) is 0 Å². The van der Waals surface area contributed by atoms with E-state index in [1.54, 1.807) is 0 Å². The summed E-state index contributed by atoms with van der Waals surface area (Å²) >= 11 is 0. The fraction of sp³-hybridized carbons (Fsp3) is 0.720. The van der Waals surface area contributed by atoms with Crippen LogP contribution in [0.15, 0.2) is 18.2 Å². The van der Waals surface area contributed by atoms with Gasteiger partial charge in [0.1, 0.15) is 12.4 Å². The summed E-state index contributed by atoms with van der Waals surface area (Å²) in [6, 6.07) is 5.82. The second-order valence-electron chi connectivity index (χ2n) is 9.29. The number of aliphatic carboxylic acids is 1. The molecule has 0 radical (unpaired) electrons. The maximum Gasteiger partial charge on any atom is 0.128 e. The highest BCUT2D eigenvalue weighted by Crippen LogP contribution is 2.48. The number of fused-ring (bicyclic) bond motifs is 2. The molecule has 168 valence electrons. The number of hydrogen-bond donors (Lipinski definition) is 2. The van der Waals surface area contributed by atoms with Gasteiger partial charge in [0, 0.05) is 0 Å². The maximum absolute atomic E-state index is 10.8. The molecule has 0 aliphatic heterocycles. The molecule has 0 unspecified atom stereocenters. The van der Waals surface area contributed by atoms with Crippen molar-refractivity contribution < 1.29 is 24.9 Å². The molecular formula is C25H37O5-. The van der Waals surface area contributed by atoms with E-state index in [2.05, 4.69) is 13.0 Å². The monoisotopic (exact) mass is 417 g/mol. The zero-order valence-corrected chi connectivity index (χ0v) is 18.2. The first-order chi connectivity index (χ1) is 14.5. The van der Waals surface area contributed by atoms with Gasteiger partial charge in [-0.3, -0.25) is 0 Å². The zero-order chi connectivity index (χ0) is 21.5. The Kier molecular flexibility index (Phi) is 8.58. The zero-order valence-electron chi connectivity index (χ0n) is 18.2. The van der Waals surface area contributed by atoms with Crippen molar-refractivity contribution in [2.75, 3.05) is 6.61 Å². The molecule has 1 saturated carbocycles. The summed E-state index contributed by atoms with van der Waals surface area (Å²) in [7, 11) is 0. The van der Waals surface area contributed by atoms with Crippen LogP contribution in [0.4, 0.5) is 0 Å². The molecule has 5 heteroatoms. The number of rotatable bonds is 12. The smallest absolute Gasteiger partial charge is 0.128 e. The summed E-state index contributed by atoms with van der Waals surface area (Å²) in [6.07, 6.45) is 10.4. The van der Waals surface area contributed by atoms with E-state index < -0.39 is 12.6 Å². The summed E-state index contributed by atoms with van der Waals surface area (Å²) < 4.78 is 5.45. The van der Waals surface area contributed by atoms with Crippen molar-refractivity contribution in [3.05, 3.63) is 29.3 Å². The minimum absolute atomic E-state index is 0.227. The molecular weight excluding hydrogens is 380 g/mol. The Labute approximate surface area is 180 Å². The van der Waals surface area contributed by atoms with Gasteiger partial charge in [-0.15, -0.1) is 0 Å². The summed E-state index contributed by atoms with van der Waals surface area (Å²) in [6.45, 7) is 1.77. The van der Waals surface area contributed by atoms with Crippen molar-refractivity contribution in [2.24, 2.45) is 17.8 Å². The second-order valence-corrected chi connectivity index (χ2v) is 9.29. The van der Waals surface area contributed by atoms with Crippen molar-refractivity contribution in [1.29, 1.82) is 0 Å². The summed E-state index contributed by atoms with van der Waals surface area (Å²) in [4.78, 5) is 10.8. The summed E-state index contributed by atoms with van der Waals surface area (Å²) in [5, 5.41) is 31.9. The van der Waals surface area contributed by atoms with Crippen LogP contribution in [0.3, 0.4) is 0 Å². The second kappa shape index (κ2) is 11.1. The summed E-state index contributed by atoms with van der Waals surface area (Å²) in [5.74, 6) is 0.441. The third-order valence-corrected chi connectivity index (χ3v) is 7.17. The lowest BCUT2D eigenvalue weighted by molar-refractivity contribution is -0.307. The Morgan fingerprint density at radius 1 is 1.20 bits per heavy atom. The highest BCUT2D eigenvalue weighted by Gasteiger charge is 2.44. The van der Waals surface area contributed by atoms with Gasteiger partial charge in [-0.2, -0.15) is 0 Å². The van der Waals surface area contributed by atoms with Crippen LogP contribution in [0.25, 0.3) is 0 Å². The molecule has 0 spiro atoms. The molecule has 0 aromatic heterocycles. The lowest BCUT2D eigenvalue weighted by atomic mass is 9.73. The Hall–Kier alpha value is -1.59. The van der Waals surface area contributed by atoms with Gasteiger partial charge in [0.05, 0.1) is 18.2 Å². The van der Waals surface area contributed by atoms with Gasteiger partial charge in [-0.25, -0.2) is 0 Å². The normalized spacial score (nSPS) is 26.1. The molecule has 2 aliphatic rings. The molecule has 5 atom stereocenters. The molecule has 30 heavy (non-hydrogen) atoms. The van der Waals surface area contributed by atoms with E-state index in [4.69, 9.17) is 4.74 Å². The average Bonchev–Trinajstić information content (AvgIpc) is 3.02. The standard InChI is InChI=1S/C25H38O5/c1-2-3-4-5-6-9-19(26)11-12-20-21-13-17-8-7-10-24(30-16-25(28)29)22(17)14-18(21)15-23(20)27/h7-8,10,18-21,23,26-27H,2-6,9,11-16H2,1H3,(H,28,29)/p-1/t18-,19-,20+,21-,23+/m0/s1. The fourth-order valence-corrected chi connectivity index (χ4v) is 5.59. The summed E-state index contributed by atoms with van der Waals surface area (Å²) in [5.41, 5.74) is 2.28. The van der Waals surface area contributed by atoms with Crippen LogP contribution in [0.5, 0.6) is 5.75 Å². The number of benzene rings is 1. The van der Waals surface area contributed by atoms with E-state index in [1.165, 1.54) is 31.2 Å². The molecule has 0 saturated heterocycles. The molecule has 2 N–H and O–H groups in total. The molecule has 5 nitrogen and oxygen atoms in total. The predicted molar refractivity (Wildman–Crippen MR) is 114 cm³/mol. The van der Waals surface area contributed by atoms with Crippen molar-refractivity contribution in [3.8, 4) is 5.75 Å². The van der Waals surface area contributed by atoms with Gasteiger partial charge in [0.25, 0.3) is 0 Å². The highest BCUT2D eigenvalue weighted by atomic mass is 16.5. The number of aliphatic hydroxyl groups is 2. The lowest BCUT2D eigenvalue weighted by Crippen LogP contribution is -2.30. The molecule has 2 aliphatic carbocycles. The van der Waals surface area contributed by atoms with Crippen molar-refractivity contribution in [3.63, 3.8) is 0 Å². The van der Waals surface area contributed by atoms with Crippen LogP contribution in [0.1, 0.15) is 75.8 Å². The van der Waals surface area contributed by atoms with E-state index in [0.29, 0.717) is 17.6 Å². The molecule has 0 amide bonds. The highest BCUT2D eigenvalue weighted by molar-refractivity contribution is 5.66. The van der Waals surface area contributed by atoms with Crippen LogP contribution >= 0.6 is 0 Å². The minimum atomic E-state index is -1.22. The first kappa shape index (κ1) is 23.1. The first-order valence-corrected chi connectivity index (χ1v) is 11.8. The number of carbonyl (C=O) groups is 1. The molecule has 1 aromatic carbocycles. The number of aliphatic hydroxyl groups excluding tert-OH is 2. The third kappa shape index (κ3) is 5.98. The number of hydrogen-bond acceptors (Lipinski definition) is 5. The van der Waals surface area contributed by atoms with E-state index in [9.17, 15) is 20.1 Å². The number of carbonyl (C=O) groups excluding carboxylic acids is 1. The number of unbranched alkanes of at least 4 members (excludes halogenated alkanes) is 4. The Bertz CT molecular complexity index is 688. The number of carboxylic acid groups (broad SMARTS) is 1. The Morgan fingerprint density at radius 3 is 2.77 bits per heavy atom. The number of carboxylic acids is 1. The van der Waals surface area contributed by atoms with Crippen molar-refractivity contribution in [2.45, 2.75) is 89.8 Å². The van der Waals surface area contributed by atoms with Gasteiger partial charge in [0.15, 0.2) is 0 Å². The first-order valence-electron chi connectivity index (χ1n) is 11.8. The van der Waals surface area contributed by atoms with Crippen LogP contribution in [0, 0.1) is 17.8 Å². The maximum atomic E-state index is 10.8. The van der Waals surface area contributed by atoms with Gasteiger partial charge in [-0.05, 0) is 73.5 Å². The number of ether oxygens (including phenoxy) is 1. The SMILES string of the molecule is CCCCCCC[C@H](O)CC[C@@H]1[C@H]2Cc3cccc(OCC(=O)[O-])c3C[C@H]2C[C@H]1O. The third-order valence-electron chi connectivity index (χ3n) is 7.17. The molecule has 0 heterocycles. The van der Waals surface area contributed by atoms with Crippen molar-refractivity contribution >= 4 is 5.97 Å². The van der Waals surface area contributed by atoms with E-state index in [1.807, 2.05) is 12.1 Å². The van der Waals surface area contributed by atoms with Gasteiger partial charge in [0.2, 0.25) is 0 Å². The van der Waals surface area contributed by atoms with E-state index >= 15 is 0 Å². The quantitative estimate of drug-likeness (QED) is 0.510. The largest absolute Gasteiger partial charge is 0.546 e. The van der Waals surface area contributed by atoms with Crippen LogP contribution in [-0.2, 0) is 17.6 Å². The Balaban J connectivity index is 1.54. The fourth-order valence-electron chi connectivity index (χ4n) is 5.59. The molecule has 1 fully saturated rings. The van der Waals surface area contributed by atoms with Crippen LogP contribution < -0.4 is 9.84 Å². The average molecular weight is 418 g/mol. The molecule has 0 bridgehead atoms. The van der Waals surface area contributed by atoms with E-state index in [-0.39, 0.29) is 18.1 Å². The van der Waals surface area contributed by atoms with Crippen LogP contribution in [-0.4, -0.2) is 35.0 Å². The minimum Gasteiger partial charge on any atom is -0.546 e. The predicted octanol–water partition coefficient (Wildman–Crippen LogP) is 3.03. The van der Waals surface area contributed by atoms with Gasteiger partial charge in [-0.1, -0.05) is 51.2 Å². The molecule has 1 aromatic rings. The van der Waals surface area contributed by atoms with Gasteiger partial charge >= 0.3 is 0 Å². The van der Waals surface area contributed by atoms with Gasteiger partial charge < -0.3 is 24.9 Å². The van der Waals surface area contributed by atoms with E-state index in [0.717, 1.165) is 50.5 Å². The molecule has 3 rings (SSSR count).